The Bertz CT molecular complexity index is 486. The minimum atomic E-state index is 0.451. The van der Waals surface area contributed by atoms with E-state index in [1.54, 1.807) is 12.4 Å². The monoisotopic (exact) mass is 245 g/mol. The summed E-state index contributed by atoms with van der Waals surface area (Å²) in [7, 11) is 0. The lowest BCUT2D eigenvalue weighted by Crippen LogP contribution is -2.22. The van der Waals surface area contributed by atoms with Crippen LogP contribution in [0.3, 0.4) is 0 Å². The first-order chi connectivity index (χ1) is 8.70. The average molecular weight is 245 g/mol. The molecule has 0 atom stereocenters. The van der Waals surface area contributed by atoms with Crippen molar-refractivity contribution in [3.05, 3.63) is 36.3 Å². The highest BCUT2D eigenvalue weighted by molar-refractivity contribution is 5.21. The molecule has 2 rings (SSSR count). The number of hydrogen-bond donors (Lipinski definition) is 1. The molecule has 0 saturated carbocycles. The lowest BCUT2D eigenvalue weighted by molar-refractivity contribution is 0.580. The first-order valence-electron chi connectivity index (χ1n) is 6.27. The van der Waals surface area contributed by atoms with Crippen LogP contribution in [0.1, 0.15) is 32.3 Å². The van der Waals surface area contributed by atoms with Gasteiger partial charge in [-0.25, -0.2) is 9.97 Å². The summed E-state index contributed by atoms with van der Waals surface area (Å²) in [6, 6.07) is 0.451. The molecule has 18 heavy (non-hydrogen) atoms. The third-order valence-corrected chi connectivity index (χ3v) is 2.66. The van der Waals surface area contributed by atoms with Crippen molar-refractivity contribution in [3.63, 3.8) is 0 Å². The minimum Gasteiger partial charge on any atom is -0.309 e. The predicted octanol–water partition coefficient (Wildman–Crippen LogP) is 1.72. The molecule has 2 heterocycles. The van der Waals surface area contributed by atoms with E-state index in [1.807, 2.05) is 17.0 Å². The van der Waals surface area contributed by atoms with Gasteiger partial charge in [0.05, 0.1) is 18.1 Å². The van der Waals surface area contributed by atoms with Gasteiger partial charge >= 0.3 is 0 Å². The van der Waals surface area contributed by atoms with Crippen LogP contribution in [0.5, 0.6) is 0 Å². The highest BCUT2D eigenvalue weighted by Crippen LogP contribution is 2.07. The molecular formula is C13H19N5. The summed E-state index contributed by atoms with van der Waals surface area (Å²) in [5.41, 5.74) is 0.950. The molecule has 1 N–H and O–H groups in total. The van der Waals surface area contributed by atoms with E-state index in [0.29, 0.717) is 6.04 Å². The summed E-state index contributed by atoms with van der Waals surface area (Å²) in [5, 5.41) is 3.32. The third kappa shape index (κ3) is 2.92. The maximum atomic E-state index is 4.43. The molecule has 0 radical (unpaired) electrons. The summed E-state index contributed by atoms with van der Waals surface area (Å²) in [5.74, 6) is 1.81. The number of imidazole rings is 1. The zero-order valence-corrected chi connectivity index (χ0v) is 11.1. The molecule has 0 amide bonds. The molecule has 5 heteroatoms. The molecular weight excluding hydrogens is 226 g/mol. The maximum absolute atomic E-state index is 4.43. The molecule has 0 aromatic carbocycles. The Balaban J connectivity index is 2.12. The van der Waals surface area contributed by atoms with Crippen LogP contribution in [0.4, 0.5) is 0 Å². The smallest absolute Gasteiger partial charge is 0.156 e. The predicted molar refractivity (Wildman–Crippen MR) is 70.5 cm³/mol. The summed E-state index contributed by atoms with van der Waals surface area (Å²) in [4.78, 5) is 13.1. The van der Waals surface area contributed by atoms with Crippen LogP contribution >= 0.6 is 0 Å². The summed E-state index contributed by atoms with van der Waals surface area (Å²) in [6.07, 6.45) is 8.18. The molecule has 2 aromatic heterocycles. The molecule has 96 valence electrons. The molecule has 0 aliphatic carbocycles. The molecule has 0 spiro atoms. The van der Waals surface area contributed by atoms with Crippen molar-refractivity contribution in [3.8, 4) is 5.82 Å². The third-order valence-electron chi connectivity index (χ3n) is 2.66. The Kier molecular flexibility index (Phi) is 4.04. The van der Waals surface area contributed by atoms with Crippen molar-refractivity contribution < 1.29 is 0 Å². The van der Waals surface area contributed by atoms with Gasteiger partial charge in [-0.15, -0.1) is 0 Å². The van der Waals surface area contributed by atoms with E-state index in [2.05, 4.69) is 41.0 Å². The van der Waals surface area contributed by atoms with Gasteiger partial charge in [0.1, 0.15) is 5.82 Å². The molecule has 2 aromatic rings. The molecule has 0 fully saturated rings. The molecule has 5 nitrogen and oxygen atoms in total. The van der Waals surface area contributed by atoms with E-state index in [-0.39, 0.29) is 0 Å². The van der Waals surface area contributed by atoms with Crippen molar-refractivity contribution in [1.29, 1.82) is 0 Å². The van der Waals surface area contributed by atoms with Crippen LogP contribution in [0.15, 0.2) is 24.8 Å². The quantitative estimate of drug-likeness (QED) is 0.871. The Hall–Kier alpha value is -1.75. The van der Waals surface area contributed by atoms with Crippen molar-refractivity contribution in [2.75, 3.05) is 0 Å². The molecule has 0 aliphatic rings. The van der Waals surface area contributed by atoms with Gasteiger partial charge in [-0.05, 0) is 0 Å². The molecule has 0 unspecified atom stereocenters. The fraction of sp³-hybridized carbons (Fsp3) is 0.462. The first-order valence-corrected chi connectivity index (χ1v) is 6.27. The largest absolute Gasteiger partial charge is 0.309 e. The highest BCUT2D eigenvalue weighted by atomic mass is 15.1. The zero-order chi connectivity index (χ0) is 13.0. The molecule has 0 bridgehead atoms. The van der Waals surface area contributed by atoms with Gasteiger partial charge in [-0.3, -0.25) is 9.55 Å². The number of aryl methyl sites for hydroxylation is 1. The van der Waals surface area contributed by atoms with Crippen LogP contribution in [0, 0.1) is 0 Å². The molecule has 0 aliphatic heterocycles. The van der Waals surface area contributed by atoms with E-state index in [9.17, 15) is 0 Å². The Morgan fingerprint density at radius 1 is 1.22 bits per heavy atom. The van der Waals surface area contributed by atoms with E-state index < -0.39 is 0 Å². The van der Waals surface area contributed by atoms with Gasteiger partial charge in [0, 0.05) is 31.4 Å². The fourth-order valence-corrected chi connectivity index (χ4v) is 1.68. The van der Waals surface area contributed by atoms with Gasteiger partial charge in [0.25, 0.3) is 0 Å². The van der Waals surface area contributed by atoms with Crippen LogP contribution in [0.2, 0.25) is 0 Å². The lowest BCUT2D eigenvalue weighted by Gasteiger charge is -2.08. The minimum absolute atomic E-state index is 0.451. The zero-order valence-electron chi connectivity index (χ0n) is 11.1. The van der Waals surface area contributed by atoms with Crippen molar-refractivity contribution in [2.24, 2.45) is 0 Å². The van der Waals surface area contributed by atoms with E-state index >= 15 is 0 Å². The second-order valence-electron chi connectivity index (χ2n) is 4.47. The number of nitrogens with one attached hydrogen (secondary N) is 1. The number of nitrogens with zero attached hydrogens (tertiary/aromatic N) is 4. The fourth-order valence-electron chi connectivity index (χ4n) is 1.68. The summed E-state index contributed by atoms with van der Waals surface area (Å²) in [6.45, 7) is 7.05. The Labute approximate surface area is 107 Å². The number of hydrogen-bond acceptors (Lipinski definition) is 4. The van der Waals surface area contributed by atoms with Crippen LogP contribution in [-0.4, -0.2) is 25.6 Å². The standard InChI is InChI=1S/C13H19N5/c1-4-12-14-5-6-18(12)13-9-16-11(8-17-13)7-15-10(2)3/h5-6,8-10,15H,4,7H2,1-3H3. The Morgan fingerprint density at radius 2 is 2.06 bits per heavy atom. The van der Waals surface area contributed by atoms with Crippen molar-refractivity contribution in [1.82, 2.24) is 24.8 Å². The first kappa shape index (κ1) is 12.7. The topological polar surface area (TPSA) is 55.6 Å². The van der Waals surface area contributed by atoms with Crippen LogP contribution in [0.25, 0.3) is 5.82 Å². The van der Waals surface area contributed by atoms with Crippen molar-refractivity contribution >= 4 is 0 Å². The lowest BCUT2D eigenvalue weighted by atomic mass is 10.3. The van der Waals surface area contributed by atoms with Crippen LogP contribution < -0.4 is 5.32 Å². The van der Waals surface area contributed by atoms with Gasteiger partial charge in [-0.2, -0.15) is 0 Å². The number of aromatic nitrogens is 4. The number of rotatable bonds is 5. The van der Waals surface area contributed by atoms with E-state index in [4.69, 9.17) is 0 Å². The summed E-state index contributed by atoms with van der Waals surface area (Å²) < 4.78 is 1.96. The molecule has 0 saturated heterocycles. The SMILES string of the molecule is CCc1nccn1-c1cnc(CNC(C)C)cn1. The normalized spacial score (nSPS) is 11.1. The van der Waals surface area contributed by atoms with Gasteiger partial charge in [-0.1, -0.05) is 20.8 Å². The van der Waals surface area contributed by atoms with Gasteiger partial charge in [0.2, 0.25) is 0 Å². The second kappa shape index (κ2) is 5.73. The van der Waals surface area contributed by atoms with E-state index in [0.717, 1.165) is 30.3 Å². The highest BCUT2D eigenvalue weighted by Gasteiger charge is 2.05. The van der Waals surface area contributed by atoms with Crippen molar-refractivity contribution in [2.45, 2.75) is 39.8 Å². The second-order valence-corrected chi connectivity index (χ2v) is 4.47. The maximum Gasteiger partial charge on any atom is 0.156 e. The summed E-state index contributed by atoms with van der Waals surface area (Å²) >= 11 is 0. The average Bonchev–Trinajstić information content (AvgIpc) is 2.85. The van der Waals surface area contributed by atoms with Gasteiger partial charge in [0.15, 0.2) is 5.82 Å². The Morgan fingerprint density at radius 3 is 2.67 bits per heavy atom. The van der Waals surface area contributed by atoms with Crippen LogP contribution in [-0.2, 0) is 13.0 Å². The van der Waals surface area contributed by atoms with Gasteiger partial charge < -0.3 is 5.32 Å². The van der Waals surface area contributed by atoms with E-state index in [1.165, 1.54) is 0 Å².